The van der Waals surface area contributed by atoms with Gasteiger partial charge in [-0.25, -0.2) is 4.52 Å². The first-order valence-electron chi connectivity index (χ1n) is 12.6. The third-order valence-corrected chi connectivity index (χ3v) is 7.40. The van der Waals surface area contributed by atoms with Crippen LogP contribution in [-0.2, 0) is 11.8 Å². The number of methoxy groups -OCH3 is 1. The van der Waals surface area contributed by atoms with E-state index < -0.39 is 0 Å². The molecule has 0 aromatic carbocycles. The number of nitrogens with one attached hydrogen (secondary N) is 2. The normalized spacial score (nSPS) is 18.7. The van der Waals surface area contributed by atoms with Crippen LogP contribution in [0.2, 0.25) is 0 Å². The molecule has 2 fully saturated rings. The van der Waals surface area contributed by atoms with Crippen LogP contribution in [0.4, 0.5) is 11.4 Å². The minimum atomic E-state index is -0.352. The number of likely N-dealkylation sites (tertiary alicyclic amines) is 1. The van der Waals surface area contributed by atoms with Gasteiger partial charge in [-0.15, -0.1) is 5.10 Å². The number of fused-ring (bicyclic) bond motifs is 3. The van der Waals surface area contributed by atoms with Crippen molar-refractivity contribution in [3.8, 4) is 17.1 Å². The Bertz CT molecular complexity index is 1540. The van der Waals surface area contributed by atoms with E-state index in [2.05, 4.69) is 35.7 Å². The van der Waals surface area contributed by atoms with Gasteiger partial charge in [0.25, 0.3) is 5.91 Å². The summed E-state index contributed by atoms with van der Waals surface area (Å²) in [6.45, 7) is 3.17. The van der Waals surface area contributed by atoms with Crippen molar-refractivity contribution in [2.24, 2.45) is 13.0 Å². The molecule has 12 nitrogen and oxygen atoms in total. The molecule has 4 aromatic rings. The molecule has 6 rings (SSSR count). The molecule has 2 bridgehead atoms. The summed E-state index contributed by atoms with van der Waals surface area (Å²) < 4.78 is 8.57. The lowest BCUT2D eigenvalue weighted by molar-refractivity contribution is -0.117. The van der Waals surface area contributed by atoms with Crippen molar-refractivity contribution in [2.75, 3.05) is 30.8 Å². The molecule has 1 aliphatic carbocycles. The maximum absolute atomic E-state index is 13.2. The summed E-state index contributed by atoms with van der Waals surface area (Å²) in [5, 5.41) is 14.4. The van der Waals surface area contributed by atoms with Gasteiger partial charge in [0.2, 0.25) is 11.8 Å². The highest BCUT2D eigenvalue weighted by atomic mass is 16.5. The summed E-state index contributed by atoms with van der Waals surface area (Å²) in [5.41, 5.74) is 3.92. The third kappa shape index (κ3) is 4.47. The smallest absolute Gasteiger partial charge is 0.259 e. The summed E-state index contributed by atoms with van der Waals surface area (Å²) in [5.74, 6) is 0.757. The number of hydrogen-bond acceptors (Lipinski definition) is 8. The number of hydrogen-bond donors (Lipinski definition) is 2. The Morgan fingerprint density at radius 3 is 2.76 bits per heavy atom. The Morgan fingerprint density at radius 2 is 2.00 bits per heavy atom. The second kappa shape index (κ2) is 9.53. The van der Waals surface area contributed by atoms with Gasteiger partial charge in [-0.3, -0.25) is 29.1 Å². The molecule has 38 heavy (non-hydrogen) atoms. The second-order valence-corrected chi connectivity index (χ2v) is 10.0. The SMILES string of the molecule is COc1nn(C)cc1-c1cn2ncc(C(=O)Nc3cc(NC(=O)CN4C[C@H]5CC[C@@H]4C5)cnc3C)c2cn1. The Kier molecular flexibility index (Phi) is 6.03. The highest BCUT2D eigenvalue weighted by molar-refractivity contribution is 6.09. The van der Waals surface area contributed by atoms with Crippen LogP contribution in [0.5, 0.6) is 5.88 Å². The maximum Gasteiger partial charge on any atom is 0.259 e. The number of anilines is 2. The largest absolute Gasteiger partial charge is 0.479 e. The molecule has 4 aromatic heterocycles. The Balaban J connectivity index is 1.16. The zero-order valence-electron chi connectivity index (χ0n) is 21.5. The van der Waals surface area contributed by atoms with E-state index in [1.807, 2.05) is 0 Å². The zero-order chi connectivity index (χ0) is 26.4. The number of amides is 2. The summed E-state index contributed by atoms with van der Waals surface area (Å²) in [6, 6.07) is 2.25. The number of piperidine rings is 1. The minimum absolute atomic E-state index is 0.0739. The number of carbonyl (C=O) groups is 2. The molecule has 1 saturated heterocycles. The summed E-state index contributed by atoms with van der Waals surface area (Å²) in [7, 11) is 3.35. The van der Waals surface area contributed by atoms with E-state index in [1.54, 1.807) is 61.1 Å². The van der Waals surface area contributed by atoms with E-state index in [4.69, 9.17) is 4.74 Å². The molecule has 2 aliphatic rings. The van der Waals surface area contributed by atoms with Gasteiger partial charge in [0.05, 0.1) is 77.8 Å². The number of nitrogens with zero attached hydrogens (tertiary/aromatic N) is 7. The average molecular weight is 516 g/mol. The first-order valence-corrected chi connectivity index (χ1v) is 12.6. The number of aryl methyl sites for hydroxylation is 2. The highest BCUT2D eigenvalue weighted by Gasteiger charge is 2.38. The Labute approximate surface area is 219 Å². The van der Waals surface area contributed by atoms with Crippen LogP contribution in [0.3, 0.4) is 0 Å². The number of pyridine rings is 1. The molecule has 2 atom stereocenters. The van der Waals surface area contributed by atoms with Crippen molar-refractivity contribution in [1.82, 2.24) is 34.3 Å². The van der Waals surface area contributed by atoms with Gasteiger partial charge in [-0.1, -0.05) is 0 Å². The molecular formula is C26H29N9O3. The molecule has 12 heteroatoms. The minimum Gasteiger partial charge on any atom is -0.479 e. The van der Waals surface area contributed by atoms with Crippen LogP contribution in [0, 0.1) is 12.8 Å². The van der Waals surface area contributed by atoms with Crippen LogP contribution in [0.15, 0.2) is 37.1 Å². The first kappa shape index (κ1) is 24.0. The van der Waals surface area contributed by atoms with Gasteiger partial charge in [0.1, 0.15) is 0 Å². The molecule has 1 aliphatic heterocycles. The molecule has 0 unspecified atom stereocenters. The van der Waals surface area contributed by atoms with Gasteiger partial charge < -0.3 is 15.4 Å². The lowest BCUT2D eigenvalue weighted by atomic mass is 10.1. The standard InChI is InChI=1S/C26H29N9O3/c1-15-21(7-17(8-27-15)30-24(36)14-34-11-16-4-5-18(34)6-16)31-25(37)19-9-29-35-13-22(28-10-23(19)35)20-12-33(2)32-26(20)38-3/h7-10,12-13,16,18H,4-6,11,14H2,1-3H3,(H,30,36)(H,31,37)/t16-,18+/m0/s1. The maximum atomic E-state index is 13.2. The van der Waals surface area contributed by atoms with Crippen LogP contribution >= 0.6 is 0 Å². The molecule has 5 heterocycles. The quantitative estimate of drug-likeness (QED) is 0.384. The van der Waals surface area contributed by atoms with Crippen LogP contribution in [0.25, 0.3) is 16.8 Å². The topological polar surface area (TPSA) is 132 Å². The van der Waals surface area contributed by atoms with Crippen LogP contribution < -0.4 is 15.4 Å². The molecule has 196 valence electrons. The number of carbonyl (C=O) groups excluding carboxylic acids is 2. The van der Waals surface area contributed by atoms with Crippen molar-refractivity contribution in [3.63, 3.8) is 0 Å². The van der Waals surface area contributed by atoms with Crippen molar-refractivity contribution in [2.45, 2.75) is 32.2 Å². The van der Waals surface area contributed by atoms with E-state index in [9.17, 15) is 9.59 Å². The summed E-state index contributed by atoms with van der Waals surface area (Å²) >= 11 is 0. The summed E-state index contributed by atoms with van der Waals surface area (Å²) in [4.78, 5) is 37.0. The van der Waals surface area contributed by atoms with Crippen molar-refractivity contribution < 1.29 is 14.3 Å². The fraction of sp³-hybridized carbons (Fsp3) is 0.385. The van der Waals surface area contributed by atoms with Crippen LogP contribution in [0.1, 0.15) is 35.3 Å². The fourth-order valence-corrected chi connectivity index (χ4v) is 5.51. The van der Waals surface area contributed by atoms with E-state index in [0.29, 0.717) is 52.3 Å². The Hall–Kier alpha value is -4.32. The fourth-order valence-electron chi connectivity index (χ4n) is 5.51. The molecule has 2 N–H and O–H groups in total. The lowest BCUT2D eigenvalue weighted by Crippen LogP contribution is -2.38. The van der Waals surface area contributed by atoms with E-state index in [1.165, 1.54) is 25.5 Å². The lowest BCUT2D eigenvalue weighted by Gasteiger charge is -2.25. The van der Waals surface area contributed by atoms with Gasteiger partial charge in [0, 0.05) is 25.8 Å². The van der Waals surface area contributed by atoms with Crippen LogP contribution in [-0.4, -0.2) is 72.3 Å². The van der Waals surface area contributed by atoms with Gasteiger partial charge in [-0.2, -0.15) is 5.10 Å². The molecule has 1 saturated carbocycles. The number of rotatable bonds is 7. The highest BCUT2D eigenvalue weighted by Crippen LogP contribution is 2.37. The van der Waals surface area contributed by atoms with Gasteiger partial charge in [-0.05, 0) is 38.2 Å². The molecule has 0 radical (unpaired) electrons. The third-order valence-electron chi connectivity index (χ3n) is 7.40. The van der Waals surface area contributed by atoms with E-state index in [-0.39, 0.29) is 11.8 Å². The molecular weight excluding hydrogens is 486 g/mol. The number of aromatic nitrogens is 6. The summed E-state index contributed by atoms with van der Waals surface area (Å²) in [6.07, 6.45) is 11.9. The predicted octanol–water partition coefficient (Wildman–Crippen LogP) is 2.52. The first-order chi connectivity index (χ1) is 18.4. The average Bonchev–Trinajstić information content (AvgIpc) is 3.69. The van der Waals surface area contributed by atoms with E-state index in [0.717, 1.165) is 18.0 Å². The van der Waals surface area contributed by atoms with Crippen molar-refractivity contribution in [3.05, 3.63) is 48.3 Å². The van der Waals surface area contributed by atoms with E-state index >= 15 is 0 Å². The van der Waals surface area contributed by atoms with Gasteiger partial charge >= 0.3 is 0 Å². The van der Waals surface area contributed by atoms with Crippen molar-refractivity contribution in [1.29, 1.82) is 0 Å². The zero-order valence-corrected chi connectivity index (χ0v) is 21.5. The second-order valence-electron chi connectivity index (χ2n) is 10.0. The monoisotopic (exact) mass is 515 g/mol. The van der Waals surface area contributed by atoms with Crippen molar-refractivity contribution >= 4 is 28.7 Å². The molecule has 2 amide bonds. The molecule has 0 spiro atoms. The number of ether oxygens (including phenoxy) is 1. The predicted molar refractivity (Wildman–Crippen MR) is 140 cm³/mol. The van der Waals surface area contributed by atoms with Gasteiger partial charge in [0.15, 0.2) is 0 Å². The Morgan fingerprint density at radius 1 is 1.13 bits per heavy atom.